The summed E-state index contributed by atoms with van der Waals surface area (Å²) in [6.07, 6.45) is 3.11. The lowest BCUT2D eigenvalue weighted by atomic mass is 10.2. The van der Waals surface area contributed by atoms with E-state index >= 15 is 0 Å². The highest BCUT2D eigenvalue weighted by molar-refractivity contribution is 7.98. The van der Waals surface area contributed by atoms with Crippen molar-refractivity contribution in [1.82, 2.24) is 9.97 Å². The van der Waals surface area contributed by atoms with Gasteiger partial charge in [-0.1, -0.05) is 11.8 Å². The predicted octanol–water partition coefficient (Wildman–Crippen LogP) is 2.46. The maximum atomic E-state index is 11.2. The van der Waals surface area contributed by atoms with Crippen molar-refractivity contribution in [2.24, 2.45) is 0 Å². The fourth-order valence-corrected chi connectivity index (χ4v) is 2.05. The number of aromatic nitrogens is 2. The SMILES string of the molecule is COC(=O)c1ccc(CSc2nc(C)co2)nc1. The number of rotatable bonds is 4. The van der Waals surface area contributed by atoms with Gasteiger partial charge in [0.15, 0.2) is 0 Å². The number of thioether (sulfide) groups is 1. The molecule has 0 saturated heterocycles. The summed E-state index contributed by atoms with van der Waals surface area (Å²) in [6.45, 7) is 1.87. The lowest BCUT2D eigenvalue weighted by molar-refractivity contribution is 0.0600. The van der Waals surface area contributed by atoms with Gasteiger partial charge in [0.25, 0.3) is 5.22 Å². The van der Waals surface area contributed by atoms with E-state index in [4.69, 9.17) is 4.42 Å². The fourth-order valence-electron chi connectivity index (χ4n) is 1.28. The molecule has 2 aromatic heterocycles. The van der Waals surface area contributed by atoms with Crippen LogP contribution in [0.15, 0.2) is 34.2 Å². The van der Waals surface area contributed by atoms with Gasteiger partial charge in [0.05, 0.1) is 24.1 Å². The van der Waals surface area contributed by atoms with Crippen LogP contribution in [0.2, 0.25) is 0 Å². The Kier molecular flexibility index (Phi) is 3.99. The van der Waals surface area contributed by atoms with Crippen molar-refractivity contribution >= 4 is 17.7 Å². The summed E-state index contributed by atoms with van der Waals surface area (Å²) >= 11 is 1.46. The molecule has 2 heterocycles. The number of carbonyl (C=O) groups excluding carboxylic acids is 1. The molecule has 0 aromatic carbocycles. The summed E-state index contributed by atoms with van der Waals surface area (Å²) in [7, 11) is 1.34. The highest BCUT2D eigenvalue weighted by atomic mass is 32.2. The molecule has 0 saturated carbocycles. The van der Waals surface area contributed by atoms with E-state index in [1.54, 1.807) is 18.4 Å². The van der Waals surface area contributed by atoms with E-state index in [2.05, 4.69) is 14.7 Å². The third-order valence-corrected chi connectivity index (χ3v) is 3.06. The molecular weight excluding hydrogens is 252 g/mol. The second-order valence-corrected chi connectivity index (χ2v) is 4.50. The third kappa shape index (κ3) is 3.10. The van der Waals surface area contributed by atoms with Gasteiger partial charge < -0.3 is 9.15 Å². The lowest BCUT2D eigenvalue weighted by Gasteiger charge is -2.00. The zero-order valence-electron chi connectivity index (χ0n) is 10.0. The lowest BCUT2D eigenvalue weighted by Crippen LogP contribution is -2.02. The second-order valence-electron chi connectivity index (χ2n) is 3.57. The van der Waals surface area contributed by atoms with Crippen LogP contribution in [0.4, 0.5) is 0 Å². The van der Waals surface area contributed by atoms with Crippen molar-refractivity contribution in [2.75, 3.05) is 7.11 Å². The van der Waals surface area contributed by atoms with E-state index in [1.165, 1.54) is 25.1 Å². The summed E-state index contributed by atoms with van der Waals surface area (Å²) in [5.74, 6) is 0.256. The number of oxazole rings is 1. The average molecular weight is 264 g/mol. The molecular formula is C12H12N2O3S. The average Bonchev–Trinajstić information content (AvgIpc) is 2.82. The minimum atomic E-state index is -0.384. The molecule has 0 radical (unpaired) electrons. The molecule has 6 heteroatoms. The Balaban J connectivity index is 1.96. The van der Waals surface area contributed by atoms with Gasteiger partial charge in [-0.15, -0.1) is 0 Å². The summed E-state index contributed by atoms with van der Waals surface area (Å²) < 4.78 is 9.81. The zero-order chi connectivity index (χ0) is 13.0. The third-order valence-electron chi connectivity index (χ3n) is 2.19. The number of hydrogen-bond acceptors (Lipinski definition) is 6. The van der Waals surface area contributed by atoms with E-state index in [0.717, 1.165) is 11.4 Å². The summed E-state index contributed by atoms with van der Waals surface area (Å²) in [4.78, 5) is 19.6. The molecule has 0 amide bonds. The number of nitrogens with zero attached hydrogens (tertiary/aromatic N) is 2. The maximum absolute atomic E-state index is 11.2. The largest absolute Gasteiger partial charge is 0.465 e. The first-order chi connectivity index (χ1) is 8.69. The van der Waals surface area contributed by atoms with Crippen LogP contribution in [0.1, 0.15) is 21.7 Å². The van der Waals surface area contributed by atoms with Crippen LogP contribution in [0.25, 0.3) is 0 Å². The molecule has 0 spiro atoms. The molecule has 94 valence electrons. The van der Waals surface area contributed by atoms with Crippen molar-refractivity contribution in [3.8, 4) is 0 Å². The maximum Gasteiger partial charge on any atom is 0.339 e. The van der Waals surface area contributed by atoms with Crippen LogP contribution in [-0.4, -0.2) is 23.0 Å². The normalized spacial score (nSPS) is 10.3. The van der Waals surface area contributed by atoms with E-state index in [-0.39, 0.29) is 5.97 Å². The standard InChI is InChI=1S/C12H12N2O3S/c1-8-6-17-12(14-8)18-7-10-4-3-9(5-13-10)11(15)16-2/h3-6H,7H2,1-2H3. The first kappa shape index (κ1) is 12.6. The fraction of sp³-hybridized carbons (Fsp3) is 0.250. The van der Waals surface area contributed by atoms with E-state index in [1.807, 2.05) is 6.92 Å². The number of pyridine rings is 1. The molecule has 2 rings (SSSR count). The number of ether oxygens (including phenoxy) is 1. The smallest absolute Gasteiger partial charge is 0.339 e. The Bertz CT molecular complexity index is 537. The molecule has 0 atom stereocenters. The molecule has 5 nitrogen and oxygen atoms in total. The molecule has 0 aliphatic rings. The summed E-state index contributed by atoms with van der Waals surface area (Å²) in [6, 6.07) is 3.48. The molecule has 0 aliphatic carbocycles. The zero-order valence-corrected chi connectivity index (χ0v) is 10.9. The highest BCUT2D eigenvalue weighted by Gasteiger charge is 2.07. The topological polar surface area (TPSA) is 65.2 Å². The molecule has 0 aliphatic heterocycles. The Morgan fingerprint density at radius 2 is 2.33 bits per heavy atom. The molecule has 18 heavy (non-hydrogen) atoms. The van der Waals surface area contributed by atoms with Crippen LogP contribution < -0.4 is 0 Å². The van der Waals surface area contributed by atoms with Gasteiger partial charge in [0, 0.05) is 11.9 Å². The Morgan fingerprint density at radius 1 is 1.50 bits per heavy atom. The first-order valence-corrected chi connectivity index (χ1v) is 6.26. The van der Waals surface area contributed by atoms with Crippen molar-refractivity contribution in [1.29, 1.82) is 0 Å². The highest BCUT2D eigenvalue weighted by Crippen LogP contribution is 2.20. The van der Waals surface area contributed by atoms with Crippen LogP contribution in [-0.2, 0) is 10.5 Å². The minimum Gasteiger partial charge on any atom is -0.465 e. The summed E-state index contributed by atoms with van der Waals surface area (Å²) in [5.41, 5.74) is 2.15. The van der Waals surface area contributed by atoms with Gasteiger partial charge in [-0.05, 0) is 19.1 Å². The Labute approximate surface area is 109 Å². The van der Waals surface area contributed by atoms with Crippen LogP contribution in [0.3, 0.4) is 0 Å². The monoisotopic (exact) mass is 264 g/mol. The number of methoxy groups -OCH3 is 1. The van der Waals surface area contributed by atoms with E-state index in [0.29, 0.717) is 16.5 Å². The second kappa shape index (κ2) is 5.68. The van der Waals surface area contributed by atoms with Crippen LogP contribution in [0.5, 0.6) is 0 Å². The summed E-state index contributed by atoms with van der Waals surface area (Å²) in [5, 5.41) is 0.617. The Hall–Kier alpha value is -1.82. The molecule has 0 unspecified atom stereocenters. The minimum absolute atomic E-state index is 0.384. The van der Waals surface area contributed by atoms with Gasteiger partial charge in [0.1, 0.15) is 6.26 Å². The number of hydrogen-bond donors (Lipinski definition) is 0. The number of aryl methyl sites for hydroxylation is 1. The van der Waals surface area contributed by atoms with Crippen LogP contribution in [0, 0.1) is 6.92 Å². The van der Waals surface area contributed by atoms with Crippen molar-refractivity contribution < 1.29 is 13.9 Å². The predicted molar refractivity (Wildman–Crippen MR) is 66.4 cm³/mol. The quantitative estimate of drug-likeness (QED) is 0.624. The van der Waals surface area contributed by atoms with E-state index in [9.17, 15) is 4.79 Å². The molecule has 2 aromatic rings. The van der Waals surface area contributed by atoms with Gasteiger partial charge >= 0.3 is 5.97 Å². The molecule has 0 fully saturated rings. The number of esters is 1. The van der Waals surface area contributed by atoms with Gasteiger partial charge in [-0.3, -0.25) is 4.98 Å². The van der Waals surface area contributed by atoms with Gasteiger partial charge in [-0.25, -0.2) is 9.78 Å². The van der Waals surface area contributed by atoms with Crippen molar-refractivity contribution in [3.63, 3.8) is 0 Å². The van der Waals surface area contributed by atoms with Gasteiger partial charge in [0.2, 0.25) is 0 Å². The molecule has 0 bridgehead atoms. The van der Waals surface area contributed by atoms with Crippen LogP contribution >= 0.6 is 11.8 Å². The first-order valence-electron chi connectivity index (χ1n) is 5.27. The van der Waals surface area contributed by atoms with Gasteiger partial charge in [-0.2, -0.15) is 0 Å². The molecule has 0 N–H and O–H groups in total. The number of carbonyl (C=O) groups is 1. The van der Waals surface area contributed by atoms with Crippen molar-refractivity contribution in [2.45, 2.75) is 17.9 Å². The Morgan fingerprint density at radius 3 is 2.89 bits per heavy atom. The van der Waals surface area contributed by atoms with Crippen molar-refractivity contribution in [3.05, 3.63) is 41.5 Å². The van der Waals surface area contributed by atoms with E-state index < -0.39 is 0 Å².